The van der Waals surface area contributed by atoms with Crippen LogP contribution in [0.25, 0.3) is 0 Å². The zero-order valence-electron chi connectivity index (χ0n) is 12.4. The molecular weight excluding hydrogens is 300 g/mol. The van der Waals surface area contributed by atoms with Gasteiger partial charge in [-0.3, -0.25) is 9.59 Å². The van der Waals surface area contributed by atoms with Gasteiger partial charge in [0.2, 0.25) is 0 Å². The summed E-state index contributed by atoms with van der Waals surface area (Å²) in [6.45, 7) is 3.81. The van der Waals surface area contributed by atoms with Crippen LogP contribution >= 0.6 is 11.3 Å². The van der Waals surface area contributed by atoms with E-state index in [9.17, 15) is 14.7 Å². The number of amides is 2. The van der Waals surface area contributed by atoms with Crippen molar-refractivity contribution in [3.63, 3.8) is 0 Å². The van der Waals surface area contributed by atoms with E-state index in [4.69, 9.17) is 0 Å². The number of aliphatic hydroxyl groups excluding tert-OH is 1. The molecule has 1 atom stereocenters. The number of aliphatic hydroxyl groups is 1. The smallest absolute Gasteiger partial charge is 0.313 e. The maximum atomic E-state index is 11.9. The van der Waals surface area contributed by atoms with Crippen LogP contribution in [0, 0.1) is 13.8 Å². The summed E-state index contributed by atoms with van der Waals surface area (Å²) in [6, 6.07) is 9.09. The van der Waals surface area contributed by atoms with Gasteiger partial charge < -0.3 is 15.7 Å². The molecule has 0 aliphatic rings. The van der Waals surface area contributed by atoms with Gasteiger partial charge in [-0.1, -0.05) is 18.2 Å². The molecule has 0 fully saturated rings. The molecule has 0 spiro atoms. The zero-order valence-corrected chi connectivity index (χ0v) is 13.2. The molecule has 1 heterocycles. The molecule has 2 rings (SSSR count). The van der Waals surface area contributed by atoms with E-state index in [0.29, 0.717) is 5.69 Å². The Labute approximate surface area is 133 Å². The topological polar surface area (TPSA) is 78.4 Å². The molecule has 0 aliphatic carbocycles. The number of hydrogen-bond donors (Lipinski definition) is 3. The van der Waals surface area contributed by atoms with Crippen molar-refractivity contribution in [2.75, 3.05) is 11.9 Å². The third-order valence-electron chi connectivity index (χ3n) is 3.39. The van der Waals surface area contributed by atoms with E-state index in [0.717, 1.165) is 16.0 Å². The van der Waals surface area contributed by atoms with Crippen LogP contribution in [0.5, 0.6) is 0 Å². The summed E-state index contributed by atoms with van der Waals surface area (Å²) >= 11 is 1.40. The fraction of sp³-hybridized carbons (Fsp3) is 0.250. The van der Waals surface area contributed by atoms with Crippen molar-refractivity contribution < 1.29 is 14.7 Å². The molecule has 1 aromatic carbocycles. The van der Waals surface area contributed by atoms with Crippen molar-refractivity contribution in [1.29, 1.82) is 0 Å². The fourth-order valence-electron chi connectivity index (χ4n) is 1.92. The van der Waals surface area contributed by atoms with Gasteiger partial charge in [-0.2, -0.15) is 0 Å². The van der Waals surface area contributed by atoms with Crippen molar-refractivity contribution >= 4 is 28.8 Å². The van der Waals surface area contributed by atoms with Gasteiger partial charge in [0.25, 0.3) is 0 Å². The lowest BCUT2D eigenvalue weighted by Crippen LogP contribution is -2.37. The maximum Gasteiger partial charge on any atom is 0.313 e. The van der Waals surface area contributed by atoms with Crippen LogP contribution in [0.3, 0.4) is 0 Å². The Morgan fingerprint density at radius 3 is 2.64 bits per heavy atom. The molecule has 22 heavy (non-hydrogen) atoms. The summed E-state index contributed by atoms with van der Waals surface area (Å²) in [7, 11) is 0. The van der Waals surface area contributed by atoms with Gasteiger partial charge in [-0.05, 0) is 42.5 Å². The fourth-order valence-corrected chi connectivity index (χ4v) is 2.63. The van der Waals surface area contributed by atoms with Gasteiger partial charge in [0.15, 0.2) is 0 Å². The number of rotatable bonds is 4. The number of hydrogen-bond acceptors (Lipinski definition) is 4. The monoisotopic (exact) mass is 318 g/mol. The minimum Gasteiger partial charge on any atom is -0.386 e. The molecule has 1 aromatic heterocycles. The first-order valence-electron chi connectivity index (χ1n) is 6.86. The van der Waals surface area contributed by atoms with Gasteiger partial charge in [0, 0.05) is 17.1 Å². The van der Waals surface area contributed by atoms with Gasteiger partial charge in [-0.15, -0.1) is 11.3 Å². The van der Waals surface area contributed by atoms with Crippen LogP contribution in [-0.4, -0.2) is 23.5 Å². The Morgan fingerprint density at radius 1 is 1.18 bits per heavy atom. The molecule has 0 aliphatic heterocycles. The highest BCUT2D eigenvalue weighted by Crippen LogP contribution is 2.18. The van der Waals surface area contributed by atoms with Gasteiger partial charge >= 0.3 is 11.8 Å². The van der Waals surface area contributed by atoms with Crippen LogP contribution < -0.4 is 10.6 Å². The van der Waals surface area contributed by atoms with Crippen LogP contribution in [0.4, 0.5) is 5.69 Å². The Balaban J connectivity index is 1.90. The lowest BCUT2D eigenvalue weighted by Gasteiger charge is -2.12. The lowest BCUT2D eigenvalue weighted by atomic mass is 10.1. The molecule has 0 saturated heterocycles. The second-order valence-corrected chi connectivity index (χ2v) is 5.92. The summed E-state index contributed by atoms with van der Waals surface area (Å²) in [4.78, 5) is 24.4. The highest BCUT2D eigenvalue weighted by atomic mass is 32.1. The predicted molar refractivity (Wildman–Crippen MR) is 86.8 cm³/mol. The van der Waals surface area contributed by atoms with Crippen LogP contribution in [0.1, 0.15) is 22.1 Å². The minimum atomic E-state index is -0.808. The molecular formula is C16H18N2O3S. The van der Waals surface area contributed by atoms with E-state index >= 15 is 0 Å². The largest absolute Gasteiger partial charge is 0.386 e. The van der Waals surface area contributed by atoms with Crippen molar-refractivity contribution in [3.05, 3.63) is 51.7 Å². The van der Waals surface area contributed by atoms with Crippen molar-refractivity contribution in [2.24, 2.45) is 0 Å². The normalized spacial score (nSPS) is 11.8. The van der Waals surface area contributed by atoms with Crippen molar-refractivity contribution in [1.82, 2.24) is 5.32 Å². The van der Waals surface area contributed by atoms with E-state index in [1.807, 2.05) is 37.4 Å². The second kappa shape index (κ2) is 7.20. The van der Waals surface area contributed by atoms with Crippen LogP contribution in [0.15, 0.2) is 35.7 Å². The van der Waals surface area contributed by atoms with Crippen molar-refractivity contribution in [2.45, 2.75) is 20.0 Å². The third kappa shape index (κ3) is 3.93. The molecule has 0 saturated carbocycles. The Kier molecular flexibility index (Phi) is 5.30. The summed E-state index contributed by atoms with van der Waals surface area (Å²) in [5, 5.41) is 16.7. The first-order chi connectivity index (χ1) is 10.5. The van der Waals surface area contributed by atoms with E-state index in [1.54, 1.807) is 12.1 Å². The molecule has 1 unspecified atom stereocenters. The number of carbonyl (C=O) groups excluding carboxylic acids is 2. The molecule has 0 bridgehead atoms. The van der Waals surface area contributed by atoms with Crippen LogP contribution in [0.2, 0.25) is 0 Å². The standard InChI is InChI=1S/C16H18N2O3S/c1-10-5-3-6-12(11(10)2)18-16(21)15(20)17-9-13(19)14-7-4-8-22-14/h3-8,13,19H,9H2,1-2H3,(H,17,20)(H,18,21). The summed E-state index contributed by atoms with van der Waals surface area (Å²) in [5.74, 6) is -1.51. The second-order valence-electron chi connectivity index (χ2n) is 4.94. The van der Waals surface area contributed by atoms with E-state index in [1.165, 1.54) is 11.3 Å². The first kappa shape index (κ1) is 16.2. The van der Waals surface area contributed by atoms with Gasteiger partial charge in [0.05, 0.1) is 0 Å². The number of carbonyl (C=O) groups is 2. The van der Waals surface area contributed by atoms with E-state index in [-0.39, 0.29) is 6.54 Å². The molecule has 0 radical (unpaired) electrons. The molecule has 6 heteroatoms. The minimum absolute atomic E-state index is 0.000430. The number of aryl methyl sites for hydroxylation is 1. The number of benzene rings is 1. The molecule has 5 nitrogen and oxygen atoms in total. The number of thiophene rings is 1. The Hall–Kier alpha value is -2.18. The summed E-state index contributed by atoms with van der Waals surface area (Å²) < 4.78 is 0. The number of nitrogens with one attached hydrogen (secondary N) is 2. The highest BCUT2D eigenvalue weighted by Gasteiger charge is 2.17. The Bertz CT molecular complexity index is 668. The summed E-state index contributed by atoms with van der Waals surface area (Å²) in [6.07, 6.45) is -0.808. The molecule has 2 amide bonds. The quantitative estimate of drug-likeness (QED) is 0.756. The van der Waals surface area contributed by atoms with E-state index < -0.39 is 17.9 Å². The van der Waals surface area contributed by atoms with E-state index in [2.05, 4.69) is 10.6 Å². The van der Waals surface area contributed by atoms with Crippen molar-refractivity contribution in [3.8, 4) is 0 Å². The maximum absolute atomic E-state index is 11.9. The molecule has 3 N–H and O–H groups in total. The SMILES string of the molecule is Cc1cccc(NC(=O)C(=O)NCC(O)c2cccs2)c1C. The average molecular weight is 318 g/mol. The average Bonchev–Trinajstić information content (AvgIpc) is 3.03. The summed E-state index contributed by atoms with van der Waals surface area (Å²) in [5.41, 5.74) is 2.56. The van der Waals surface area contributed by atoms with Crippen LogP contribution in [-0.2, 0) is 9.59 Å². The molecule has 116 valence electrons. The predicted octanol–water partition coefficient (Wildman–Crippen LogP) is 2.15. The molecule has 2 aromatic rings. The lowest BCUT2D eigenvalue weighted by molar-refractivity contribution is -0.136. The first-order valence-corrected chi connectivity index (χ1v) is 7.74. The zero-order chi connectivity index (χ0) is 16.1. The third-order valence-corrected chi connectivity index (χ3v) is 4.36. The Morgan fingerprint density at radius 2 is 1.95 bits per heavy atom. The van der Waals surface area contributed by atoms with Gasteiger partial charge in [-0.25, -0.2) is 0 Å². The van der Waals surface area contributed by atoms with Gasteiger partial charge in [0.1, 0.15) is 6.10 Å². The highest BCUT2D eigenvalue weighted by molar-refractivity contribution is 7.10. The number of anilines is 1.